The Labute approximate surface area is 127 Å². The van der Waals surface area contributed by atoms with Gasteiger partial charge in [0.15, 0.2) is 0 Å². The van der Waals surface area contributed by atoms with E-state index < -0.39 is 0 Å². The smallest absolute Gasteiger partial charge is 0.225 e. The molecule has 1 atom stereocenters. The maximum absolute atomic E-state index is 12.4. The highest BCUT2D eigenvalue weighted by atomic mass is 32.2. The third-order valence-corrected chi connectivity index (χ3v) is 4.45. The van der Waals surface area contributed by atoms with Crippen molar-refractivity contribution in [3.05, 3.63) is 29.8 Å². The van der Waals surface area contributed by atoms with E-state index in [1.807, 2.05) is 11.9 Å². The van der Waals surface area contributed by atoms with Crippen molar-refractivity contribution in [3.63, 3.8) is 0 Å². The van der Waals surface area contributed by atoms with Gasteiger partial charge in [0.05, 0.1) is 0 Å². The molecule has 1 rings (SSSR count). The maximum atomic E-state index is 12.4. The Morgan fingerprint density at radius 1 is 1.25 bits per heavy atom. The number of hydrogen-bond acceptors (Lipinski definition) is 2. The van der Waals surface area contributed by atoms with Crippen molar-refractivity contribution < 1.29 is 4.79 Å². The Kier molecular flexibility index (Phi) is 7.75. The lowest BCUT2D eigenvalue weighted by Crippen LogP contribution is -2.32. The van der Waals surface area contributed by atoms with E-state index in [-0.39, 0.29) is 11.8 Å². The van der Waals surface area contributed by atoms with Crippen molar-refractivity contribution in [2.45, 2.75) is 51.0 Å². The van der Waals surface area contributed by atoms with Crippen LogP contribution in [-0.4, -0.2) is 24.1 Å². The van der Waals surface area contributed by atoms with Crippen LogP contribution in [0.1, 0.15) is 45.1 Å². The number of rotatable bonds is 8. The Morgan fingerprint density at radius 3 is 2.40 bits per heavy atom. The zero-order valence-corrected chi connectivity index (χ0v) is 14.0. The SMILES string of the molecule is CCCC[C@@H](CC)C(=O)N(C)Cc1ccc(SC)cc1. The van der Waals surface area contributed by atoms with Crippen molar-refractivity contribution in [3.8, 4) is 0 Å². The summed E-state index contributed by atoms with van der Waals surface area (Å²) in [4.78, 5) is 15.6. The summed E-state index contributed by atoms with van der Waals surface area (Å²) in [6, 6.07) is 8.46. The summed E-state index contributed by atoms with van der Waals surface area (Å²) in [7, 11) is 1.92. The van der Waals surface area contributed by atoms with Crippen LogP contribution in [0.4, 0.5) is 0 Å². The summed E-state index contributed by atoms with van der Waals surface area (Å²) in [5.74, 6) is 0.473. The van der Waals surface area contributed by atoms with Gasteiger partial charge in [-0.15, -0.1) is 11.8 Å². The molecule has 0 bridgehead atoms. The molecule has 0 N–H and O–H groups in total. The molecule has 0 unspecified atom stereocenters. The Bertz CT molecular complexity index is 402. The van der Waals surface area contributed by atoms with Crippen molar-refractivity contribution in [2.24, 2.45) is 5.92 Å². The molecule has 20 heavy (non-hydrogen) atoms. The summed E-state index contributed by atoms with van der Waals surface area (Å²) >= 11 is 1.74. The molecule has 0 aliphatic heterocycles. The van der Waals surface area contributed by atoms with Gasteiger partial charge in [0, 0.05) is 24.4 Å². The third-order valence-electron chi connectivity index (χ3n) is 3.70. The first-order chi connectivity index (χ1) is 9.62. The number of nitrogens with zero attached hydrogens (tertiary/aromatic N) is 1. The lowest BCUT2D eigenvalue weighted by molar-refractivity contribution is -0.135. The van der Waals surface area contributed by atoms with Gasteiger partial charge in [0.25, 0.3) is 0 Å². The second kappa shape index (κ2) is 9.06. The van der Waals surface area contributed by atoms with Crippen LogP contribution in [0.5, 0.6) is 0 Å². The zero-order valence-electron chi connectivity index (χ0n) is 13.2. The molecule has 0 aromatic heterocycles. The summed E-state index contributed by atoms with van der Waals surface area (Å²) in [5, 5.41) is 0. The van der Waals surface area contributed by atoms with Crippen LogP contribution in [0.15, 0.2) is 29.2 Å². The number of hydrogen-bond donors (Lipinski definition) is 0. The van der Waals surface area contributed by atoms with Crippen molar-refractivity contribution >= 4 is 17.7 Å². The van der Waals surface area contributed by atoms with Gasteiger partial charge in [-0.25, -0.2) is 0 Å². The van der Waals surface area contributed by atoms with Crippen molar-refractivity contribution in [1.29, 1.82) is 0 Å². The quantitative estimate of drug-likeness (QED) is 0.654. The first-order valence-corrected chi connectivity index (χ1v) is 8.72. The van der Waals surface area contributed by atoms with Gasteiger partial charge in [-0.3, -0.25) is 4.79 Å². The molecule has 0 saturated carbocycles. The number of carbonyl (C=O) groups excluding carboxylic acids is 1. The summed E-state index contributed by atoms with van der Waals surface area (Å²) in [6.45, 7) is 4.99. The molecular weight excluding hydrogens is 266 g/mol. The van der Waals surface area contributed by atoms with E-state index >= 15 is 0 Å². The van der Waals surface area contributed by atoms with Crippen LogP contribution in [0, 0.1) is 5.92 Å². The molecule has 0 heterocycles. The standard InChI is InChI=1S/C17H27NOS/c1-5-7-8-15(6-2)17(19)18(3)13-14-9-11-16(20-4)12-10-14/h9-12,15H,5-8,13H2,1-4H3/t15-/m1/s1. The van der Waals surface area contributed by atoms with E-state index in [9.17, 15) is 4.79 Å². The lowest BCUT2D eigenvalue weighted by atomic mass is 9.98. The Hall–Kier alpha value is -0.960. The lowest BCUT2D eigenvalue weighted by Gasteiger charge is -2.23. The number of carbonyl (C=O) groups is 1. The molecular formula is C17H27NOS. The second-order valence-electron chi connectivity index (χ2n) is 5.29. The fourth-order valence-electron chi connectivity index (χ4n) is 2.35. The minimum absolute atomic E-state index is 0.186. The van der Waals surface area contributed by atoms with Gasteiger partial charge in [0.1, 0.15) is 0 Å². The molecule has 0 saturated heterocycles. The van der Waals surface area contributed by atoms with E-state index in [1.54, 1.807) is 11.8 Å². The molecule has 3 heteroatoms. The summed E-state index contributed by atoms with van der Waals surface area (Å²) in [5.41, 5.74) is 1.20. The number of benzene rings is 1. The highest BCUT2D eigenvalue weighted by molar-refractivity contribution is 7.98. The minimum atomic E-state index is 0.186. The molecule has 2 nitrogen and oxygen atoms in total. The van der Waals surface area contributed by atoms with Gasteiger partial charge in [-0.2, -0.15) is 0 Å². The number of unbranched alkanes of at least 4 members (excludes halogenated alkanes) is 1. The highest BCUT2D eigenvalue weighted by Crippen LogP contribution is 2.18. The minimum Gasteiger partial charge on any atom is -0.341 e. The van der Waals surface area contributed by atoms with Crippen LogP contribution in [0.2, 0.25) is 0 Å². The zero-order chi connectivity index (χ0) is 15.0. The number of amides is 1. The molecule has 1 amide bonds. The maximum Gasteiger partial charge on any atom is 0.225 e. The van der Waals surface area contributed by atoms with Crippen LogP contribution in [0.25, 0.3) is 0 Å². The van der Waals surface area contributed by atoms with E-state index in [0.29, 0.717) is 6.54 Å². The first kappa shape index (κ1) is 17.1. The average Bonchev–Trinajstić information content (AvgIpc) is 2.48. The Morgan fingerprint density at radius 2 is 1.90 bits per heavy atom. The van der Waals surface area contributed by atoms with Gasteiger partial charge in [0.2, 0.25) is 5.91 Å². The topological polar surface area (TPSA) is 20.3 Å². The highest BCUT2D eigenvalue weighted by Gasteiger charge is 2.19. The molecule has 112 valence electrons. The van der Waals surface area contributed by atoms with Gasteiger partial charge in [-0.1, -0.05) is 38.8 Å². The molecule has 0 aliphatic rings. The second-order valence-corrected chi connectivity index (χ2v) is 6.17. The van der Waals surface area contributed by atoms with E-state index in [0.717, 1.165) is 25.7 Å². The predicted molar refractivity (Wildman–Crippen MR) is 88.0 cm³/mol. The van der Waals surface area contributed by atoms with Crippen LogP contribution < -0.4 is 0 Å². The van der Waals surface area contributed by atoms with E-state index in [1.165, 1.54) is 10.5 Å². The average molecular weight is 293 g/mol. The monoisotopic (exact) mass is 293 g/mol. The van der Waals surface area contributed by atoms with Crippen molar-refractivity contribution in [1.82, 2.24) is 4.90 Å². The van der Waals surface area contributed by atoms with Crippen LogP contribution in [-0.2, 0) is 11.3 Å². The molecule has 0 fully saturated rings. The van der Waals surface area contributed by atoms with E-state index in [4.69, 9.17) is 0 Å². The van der Waals surface area contributed by atoms with Gasteiger partial charge >= 0.3 is 0 Å². The number of thioether (sulfide) groups is 1. The van der Waals surface area contributed by atoms with Gasteiger partial charge in [-0.05, 0) is 36.8 Å². The van der Waals surface area contributed by atoms with Crippen molar-refractivity contribution in [2.75, 3.05) is 13.3 Å². The fraction of sp³-hybridized carbons (Fsp3) is 0.588. The van der Waals surface area contributed by atoms with Crippen LogP contribution in [0.3, 0.4) is 0 Å². The normalized spacial score (nSPS) is 12.2. The van der Waals surface area contributed by atoms with Gasteiger partial charge < -0.3 is 4.90 Å². The molecule has 1 aromatic carbocycles. The predicted octanol–water partition coefficient (Wildman–Crippen LogP) is 4.58. The fourth-order valence-corrected chi connectivity index (χ4v) is 2.76. The first-order valence-electron chi connectivity index (χ1n) is 7.50. The molecule has 0 aliphatic carbocycles. The largest absolute Gasteiger partial charge is 0.341 e. The van der Waals surface area contributed by atoms with E-state index in [2.05, 4.69) is 44.4 Å². The molecule has 1 aromatic rings. The summed E-state index contributed by atoms with van der Waals surface area (Å²) < 4.78 is 0. The molecule has 0 radical (unpaired) electrons. The van der Waals surface area contributed by atoms with Crippen LogP contribution >= 0.6 is 11.8 Å². The third kappa shape index (κ3) is 5.20. The Balaban J connectivity index is 2.58. The summed E-state index contributed by atoms with van der Waals surface area (Å²) in [6.07, 6.45) is 6.32. The molecule has 0 spiro atoms.